The van der Waals surface area contributed by atoms with Crippen molar-refractivity contribution in [1.29, 1.82) is 0 Å². The molecule has 0 N–H and O–H groups in total. The molecule has 1 rings (SSSR count). The van der Waals surface area contributed by atoms with E-state index in [0.29, 0.717) is 0 Å². The number of ether oxygens (including phenoxy) is 1. The molecule has 1 unspecified atom stereocenters. The Labute approximate surface area is 80.1 Å². The fourth-order valence-electron chi connectivity index (χ4n) is 1.69. The van der Waals surface area contributed by atoms with E-state index in [1.54, 1.807) is 0 Å². The Morgan fingerprint density at radius 3 is 2.69 bits per heavy atom. The second-order valence-electron chi connectivity index (χ2n) is 3.70. The Morgan fingerprint density at radius 1 is 1.38 bits per heavy atom. The van der Waals surface area contributed by atoms with E-state index < -0.39 is 0 Å². The summed E-state index contributed by atoms with van der Waals surface area (Å²) >= 11 is 0. The highest BCUT2D eigenvalue weighted by Gasteiger charge is 2.11. The molecule has 3 nitrogen and oxygen atoms in total. The average molecular weight is 184 g/mol. The summed E-state index contributed by atoms with van der Waals surface area (Å²) in [6.45, 7) is 6.85. The number of hydrogen-bond donors (Lipinski definition) is 0. The summed E-state index contributed by atoms with van der Waals surface area (Å²) in [6.07, 6.45) is 4.93. The highest BCUT2D eigenvalue weighted by molar-refractivity contribution is 5.38. The largest absolute Gasteiger partial charge is 0.454 e. The molecule has 13 heavy (non-hydrogen) atoms. The van der Waals surface area contributed by atoms with Crippen molar-refractivity contribution in [3.8, 4) is 0 Å². The van der Waals surface area contributed by atoms with Gasteiger partial charge in [0.15, 0.2) is 0 Å². The maximum Gasteiger partial charge on any atom is 0.417 e. The maximum atomic E-state index is 9.91. The Balaban J connectivity index is 2.06. The molecule has 1 atom stereocenters. The van der Waals surface area contributed by atoms with Crippen LogP contribution < -0.4 is 0 Å². The van der Waals surface area contributed by atoms with E-state index in [2.05, 4.69) is 4.90 Å². The Kier molecular flexibility index (Phi) is 4.83. The molecule has 1 radical (unpaired) electrons. The van der Waals surface area contributed by atoms with Crippen LogP contribution in [0.2, 0.25) is 0 Å². The minimum Gasteiger partial charge on any atom is -0.454 e. The quantitative estimate of drug-likeness (QED) is 0.645. The fraction of sp³-hybridized carbons (Fsp3) is 0.900. The summed E-state index contributed by atoms with van der Waals surface area (Å²) in [7, 11) is 0. The number of piperidine rings is 1. The Hall–Kier alpha value is -0.570. The van der Waals surface area contributed by atoms with Crippen LogP contribution >= 0.6 is 0 Å². The highest BCUT2D eigenvalue weighted by atomic mass is 16.5. The third kappa shape index (κ3) is 4.27. The van der Waals surface area contributed by atoms with Crippen molar-refractivity contribution in [3.05, 3.63) is 0 Å². The van der Waals surface area contributed by atoms with Gasteiger partial charge in [0, 0.05) is 6.54 Å². The lowest BCUT2D eigenvalue weighted by Gasteiger charge is -2.26. The third-order valence-corrected chi connectivity index (χ3v) is 2.55. The van der Waals surface area contributed by atoms with Crippen molar-refractivity contribution in [2.24, 2.45) is 0 Å². The number of hydrogen-bond acceptors (Lipinski definition) is 3. The first-order valence-electron chi connectivity index (χ1n) is 5.08. The van der Waals surface area contributed by atoms with Crippen molar-refractivity contribution < 1.29 is 9.53 Å². The van der Waals surface area contributed by atoms with Gasteiger partial charge in [-0.25, -0.2) is 4.79 Å². The first-order chi connectivity index (χ1) is 6.33. The molecule has 1 aliphatic rings. The van der Waals surface area contributed by atoms with Crippen molar-refractivity contribution in [2.75, 3.05) is 19.6 Å². The van der Waals surface area contributed by atoms with E-state index >= 15 is 0 Å². The zero-order chi connectivity index (χ0) is 9.52. The van der Waals surface area contributed by atoms with Gasteiger partial charge in [-0.2, -0.15) is 0 Å². The van der Waals surface area contributed by atoms with Gasteiger partial charge in [0.25, 0.3) is 0 Å². The van der Waals surface area contributed by atoms with E-state index in [1.165, 1.54) is 38.8 Å². The molecule has 0 bridgehead atoms. The van der Waals surface area contributed by atoms with Crippen molar-refractivity contribution in [2.45, 2.75) is 38.7 Å². The lowest BCUT2D eigenvalue weighted by molar-refractivity contribution is 0.149. The van der Waals surface area contributed by atoms with Gasteiger partial charge in [-0.15, -0.1) is 0 Å². The minimum absolute atomic E-state index is 0.0134. The number of rotatable bonds is 5. The summed E-state index contributed by atoms with van der Waals surface area (Å²) in [5.74, 6) is 0. The van der Waals surface area contributed by atoms with Gasteiger partial charge in [-0.1, -0.05) is 6.42 Å². The minimum atomic E-state index is 0.0134. The molecule has 0 amide bonds. The normalized spacial score (nSPS) is 21.0. The van der Waals surface area contributed by atoms with Crippen molar-refractivity contribution in [1.82, 2.24) is 4.90 Å². The van der Waals surface area contributed by atoms with E-state index in [9.17, 15) is 4.79 Å². The molecule has 0 spiro atoms. The van der Waals surface area contributed by atoms with Gasteiger partial charge in [0.1, 0.15) is 6.10 Å². The number of nitrogens with zero attached hydrogens (tertiary/aromatic N) is 1. The van der Waals surface area contributed by atoms with E-state index in [1.807, 2.05) is 6.92 Å². The third-order valence-electron chi connectivity index (χ3n) is 2.55. The highest BCUT2D eigenvalue weighted by Crippen LogP contribution is 2.09. The monoisotopic (exact) mass is 184 g/mol. The van der Waals surface area contributed by atoms with E-state index in [-0.39, 0.29) is 6.10 Å². The van der Waals surface area contributed by atoms with Crippen molar-refractivity contribution >= 4 is 6.47 Å². The SMILES string of the molecule is CC(CCN1CCCCC1)O[C]=O. The van der Waals surface area contributed by atoms with Gasteiger partial charge >= 0.3 is 6.47 Å². The molecule has 0 aliphatic carbocycles. The summed E-state index contributed by atoms with van der Waals surface area (Å²) < 4.78 is 4.70. The fourth-order valence-corrected chi connectivity index (χ4v) is 1.69. The molecule has 1 heterocycles. The van der Waals surface area contributed by atoms with Gasteiger partial charge in [0.2, 0.25) is 0 Å². The smallest absolute Gasteiger partial charge is 0.417 e. The molecule has 0 saturated carbocycles. The summed E-state index contributed by atoms with van der Waals surface area (Å²) in [4.78, 5) is 12.3. The Morgan fingerprint density at radius 2 is 2.08 bits per heavy atom. The van der Waals surface area contributed by atoms with Gasteiger partial charge in [-0.05, 0) is 39.3 Å². The first kappa shape index (κ1) is 10.5. The molecule has 0 aromatic rings. The second-order valence-corrected chi connectivity index (χ2v) is 3.70. The molecule has 0 aromatic carbocycles. The Bertz CT molecular complexity index is 144. The lowest BCUT2D eigenvalue weighted by Crippen LogP contribution is -2.32. The van der Waals surface area contributed by atoms with Crippen LogP contribution in [0.4, 0.5) is 0 Å². The molecule has 1 fully saturated rings. The topological polar surface area (TPSA) is 29.5 Å². The van der Waals surface area contributed by atoms with Crippen molar-refractivity contribution in [3.63, 3.8) is 0 Å². The van der Waals surface area contributed by atoms with Crippen LogP contribution in [-0.4, -0.2) is 37.1 Å². The van der Waals surface area contributed by atoms with Crippen LogP contribution in [0.15, 0.2) is 0 Å². The average Bonchev–Trinajstić information content (AvgIpc) is 2.17. The van der Waals surface area contributed by atoms with Crippen LogP contribution in [0.25, 0.3) is 0 Å². The molecule has 3 heteroatoms. The van der Waals surface area contributed by atoms with Gasteiger partial charge in [-0.3, -0.25) is 0 Å². The summed E-state index contributed by atoms with van der Waals surface area (Å²) in [6, 6.07) is 0. The standard InChI is InChI=1S/C10H18NO2/c1-10(13-9-12)5-8-11-6-3-2-4-7-11/h10H,2-8H2,1H3. The summed E-state index contributed by atoms with van der Waals surface area (Å²) in [5.41, 5.74) is 0. The number of likely N-dealkylation sites (tertiary alicyclic amines) is 1. The zero-order valence-corrected chi connectivity index (χ0v) is 8.29. The molecule has 1 saturated heterocycles. The predicted octanol–water partition coefficient (Wildman–Crippen LogP) is 1.33. The number of carbonyl (C=O) groups excluding carboxylic acids is 1. The molecule has 75 valence electrons. The van der Waals surface area contributed by atoms with Crippen LogP contribution in [0.3, 0.4) is 0 Å². The molecule has 1 aliphatic heterocycles. The van der Waals surface area contributed by atoms with Gasteiger partial charge in [0.05, 0.1) is 0 Å². The zero-order valence-electron chi connectivity index (χ0n) is 8.29. The van der Waals surface area contributed by atoms with Crippen LogP contribution in [0.5, 0.6) is 0 Å². The first-order valence-corrected chi connectivity index (χ1v) is 5.08. The molecule has 0 aromatic heterocycles. The van der Waals surface area contributed by atoms with Crippen LogP contribution in [-0.2, 0) is 9.53 Å². The van der Waals surface area contributed by atoms with Gasteiger partial charge < -0.3 is 9.64 Å². The van der Waals surface area contributed by atoms with E-state index in [4.69, 9.17) is 4.74 Å². The second kappa shape index (κ2) is 5.97. The molecular weight excluding hydrogens is 166 g/mol. The summed E-state index contributed by atoms with van der Waals surface area (Å²) in [5, 5.41) is 0. The molecular formula is C10H18NO2. The van der Waals surface area contributed by atoms with Crippen LogP contribution in [0.1, 0.15) is 32.6 Å². The van der Waals surface area contributed by atoms with E-state index in [0.717, 1.165) is 13.0 Å². The maximum absolute atomic E-state index is 9.91. The lowest BCUT2D eigenvalue weighted by atomic mass is 10.1. The predicted molar refractivity (Wildman–Crippen MR) is 51.1 cm³/mol. The van der Waals surface area contributed by atoms with Crippen LogP contribution in [0, 0.1) is 0 Å².